The molecule has 2 amide bonds. The lowest BCUT2D eigenvalue weighted by molar-refractivity contribution is -0.135. The molecular formula is C22H23N3O3. The van der Waals surface area contributed by atoms with E-state index < -0.39 is 0 Å². The fourth-order valence-corrected chi connectivity index (χ4v) is 3.57. The van der Waals surface area contributed by atoms with Gasteiger partial charge in [0.05, 0.1) is 12.1 Å². The van der Waals surface area contributed by atoms with E-state index in [1.54, 1.807) is 12.3 Å². The molecule has 0 aliphatic carbocycles. The Morgan fingerprint density at radius 3 is 2.57 bits per heavy atom. The van der Waals surface area contributed by atoms with Crippen LogP contribution in [0.15, 0.2) is 47.5 Å². The Kier molecular flexibility index (Phi) is 5.21. The Morgan fingerprint density at radius 2 is 1.82 bits per heavy atom. The van der Waals surface area contributed by atoms with E-state index in [1.165, 1.54) is 5.56 Å². The van der Waals surface area contributed by atoms with Crippen molar-refractivity contribution in [3.05, 3.63) is 64.7 Å². The standard InChI is InChI=1S/C22H23N3O3/c1-2-25-11-10-24(14-21(25)26)13-16-6-8-17(9-7-16)15-28-20-5-3-4-18-19(20)12-23-22(18)27/h3-9,12H,2,10-11,13-15H2,1H3. The van der Waals surface area contributed by atoms with Crippen molar-refractivity contribution in [1.82, 2.24) is 9.80 Å². The van der Waals surface area contributed by atoms with Gasteiger partial charge < -0.3 is 9.64 Å². The summed E-state index contributed by atoms with van der Waals surface area (Å²) >= 11 is 0. The number of nitrogens with zero attached hydrogens (tertiary/aromatic N) is 3. The predicted octanol–water partition coefficient (Wildman–Crippen LogP) is 2.50. The first-order valence-electron chi connectivity index (χ1n) is 9.56. The number of amides is 2. The highest BCUT2D eigenvalue weighted by Crippen LogP contribution is 2.26. The Labute approximate surface area is 164 Å². The van der Waals surface area contributed by atoms with E-state index in [-0.39, 0.29) is 11.8 Å². The molecule has 0 unspecified atom stereocenters. The summed E-state index contributed by atoms with van der Waals surface area (Å²) in [7, 11) is 0. The van der Waals surface area contributed by atoms with Gasteiger partial charge in [-0.25, -0.2) is 4.99 Å². The van der Waals surface area contributed by atoms with Gasteiger partial charge in [-0.05, 0) is 30.2 Å². The number of piperazine rings is 1. The first-order valence-corrected chi connectivity index (χ1v) is 9.56. The van der Waals surface area contributed by atoms with Crippen molar-refractivity contribution >= 4 is 18.0 Å². The second kappa shape index (κ2) is 7.94. The number of benzene rings is 2. The van der Waals surface area contributed by atoms with Crippen LogP contribution in [0.3, 0.4) is 0 Å². The average Bonchev–Trinajstić information content (AvgIpc) is 3.09. The van der Waals surface area contributed by atoms with Crippen LogP contribution in [0.4, 0.5) is 0 Å². The molecule has 2 heterocycles. The van der Waals surface area contributed by atoms with Crippen molar-refractivity contribution in [2.24, 2.45) is 4.99 Å². The number of ether oxygens (including phenoxy) is 1. The van der Waals surface area contributed by atoms with Gasteiger partial charge >= 0.3 is 0 Å². The maximum Gasteiger partial charge on any atom is 0.277 e. The molecule has 2 aliphatic rings. The molecule has 0 bridgehead atoms. The molecule has 0 N–H and O–H groups in total. The van der Waals surface area contributed by atoms with Crippen LogP contribution in [-0.2, 0) is 17.9 Å². The highest BCUT2D eigenvalue weighted by molar-refractivity contribution is 6.14. The summed E-state index contributed by atoms with van der Waals surface area (Å²) in [4.78, 5) is 31.6. The molecule has 0 radical (unpaired) electrons. The average molecular weight is 377 g/mol. The number of rotatable bonds is 6. The van der Waals surface area contributed by atoms with Gasteiger partial charge in [-0.2, -0.15) is 0 Å². The summed E-state index contributed by atoms with van der Waals surface area (Å²) in [6.45, 7) is 6.19. The summed E-state index contributed by atoms with van der Waals surface area (Å²) in [5.41, 5.74) is 3.57. The summed E-state index contributed by atoms with van der Waals surface area (Å²) in [5.74, 6) is 0.655. The van der Waals surface area contributed by atoms with Gasteiger partial charge in [0.25, 0.3) is 5.91 Å². The molecule has 6 heteroatoms. The van der Waals surface area contributed by atoms with Crippen LogP contribution < -0.4 is 4.74 Å². The van der Waals surface area contributed by atoms with E-state index in [4.69, 9.17) is 4.74 Å². The normalized spacial score (nSPS) is 16.5. The number of carbonyl (C=O) groups excluding carboxylic acids is 2. The maximum atomic E-state index is 12.0. The van der Waals surface area contributed by atoms with E-state index in [0.29, 0.717) is 24.5 Å². The van der Waals surface area contributed by atoms with E-state index >= 15 is 0 Å². The van der Waals surface area contributed by atoms with E-state index in [0.717, 1.165) is 37.3 Å². The molecule has 144 valence electrons. The second-order valence-corrected chi connectivity index (χ2v) is 7.07. The highest BCUT2D eigenvalue weighted by Gasteiger charge is 2.22. The van der Waals surface area contributed by atoms with E-state index in [2.05, 4.69) is 22.0 Å². The molecular weight excluding hydrogens is 354 g/mol. The fourth-order valence-electron chi connectivity index (χ4n) is 3.57. The van der Waals surface area contributed by atoms with Gasteiger partial charge in [-0.1, -0.05) is 30.3 Å². The SMILES string of the molecule is CCN1CCN(Cc2ccc(COc3cccc4c3C=NC4=O)cc2)CC1=O. The lowest BCUT2D eigenvalue weighted by Gasteiger charge is -2.33. The van der Waals surface area contributed by atoms with Crippen LogP contribution in [0, 0.1) is 0 Å². The Hall–Kier alpha value is -2.99. The van der Waals surface area contributed by atoms with Gasteiger partial charge in [0.2, 0.25) is 5.91 Å². The maximum absolute atomic E-state index is 12.0. The van der Waals surface area contributed by atoms with Gasteiger partial charge in [0.15, 0.2) is 0 Å². The third-order valence-corrected chi connectivity index (χ3v) is 5.21. The minimum Gasteiger partial charge on any atom is -0.488 e. The quantitative estimate of drug-likeness (QED) is 0.776. The molecule has 0 spiro atoms. The molecule has 0 saturated carbocycles. The summed E-state index contributed by atoms with van der Waals surface area (Å²) in [6, 6.07) is 13.7. The van der Waals surface area contributed by atoms with Crippen molar-refractivity contribution in [2.75, 3.05) is 26.2 Å². The van der Waals surface area contributed by atoms with Gasteiger partial charge in [0.1, 0.15) is 12.4 Å². The van der Waals surface area contributed by atoms with Crippen molar-refractivity contribution < 1.29 is 14.3 Å². The van der Waals surface area contributed by atoms with Crippen LogP contribution >= 0.6 is 0 Å². The molecule has 0 atom stereocenters. The zero-order valence-corrected chi connectivity index (χ0v) is 15.9. The predicted molar refractivity (Wildman–Crippen MR) is 107 cm³/mol. The lowest BCUT2D eigenvalue weighted by Crippen LogP contribution is -2.49. The summed E-state index contributed by atoms with van der Waals surface area (Å²) in [6.07, 6.45) is 1.57. The summed E-state index contributed by atoms with van der Waals surface area (Å²) in [5, 5.41) is 0. The molecule has 28 heavy (non-hydrogen) atoms. The van der Waals surface area contributed by atoms with Crippen LogP contribution in [0.2, 0.25) is 0 Å². The molecule has 1 fully saturated rings. The fraction of sp³-hybridized carbons (Fsp3) is 0.318. The highest BCUT2D eigenvalue weighted by atomic mass is 16.5. The second-order valence-electron chi connectivity index (χ2n) is 7.07. The minimum atomic E-state index is -0.219. The number of likely N-dealkylation sites (N-methyl/N-ethyl adjacent to an activating group) is 1. The van der Waals surface area contributed by atoms with E-state index in [1.807, 2.05) is 36.1 Å². The van der Waals surface area contributed by atoms with Gasteiger partial charge in [0, 0.05) is 38.0 Å². The topological polar surface area (TPSA) is 62.2 Å². The number of carbonyl (C=O) groups is 2. The first-order chi connectivity index (χ1) is 13.6. The number of hydrogen-bond acceptors (Lipinski definition) is 4. The zero-order chi connectivity index (χ0) is 19.5. The van der Waals surface area contributed by atoms with Crippen LogP contribution in [-0.4, -0.2) is 54.0 Å². The van der Waals surface area contributed by atoms with Crippen molar-refractivity contribution in [3.8, 4) is 5.75 Å². The van der Waals surface area contributed by atoms with Crippen molar-refractivity contribution in [1.29, 1.82) is 0 Å². The molecule has 4 rings (SSSR count). The Balaban J connectivity index is 1.34. The molecule has 2 aromatic rings. The van der Waals surface area contributed by atoms with E-state index in [9.17, 15) is 9.59 Å². The molecule has 2 aromatic carbocycles. The molecule has 6 nitrogen and oxygen atoms in total. The van der Waals surface area contributed by atoms with Crippen LogP contribution in [0.1, 0.15) is 34.0 Å². The smallest absolute Gasteiger partial charge is 0.277 e. The van der Waals surface area contributed by atoms with Crippen LogP contribution in [0.25, 0.3) is 0 Å². The molecule has 0 aromatic heterocycles. The Bertz CT molecular complexity index is 921. The number of fused-ring (bicyclic) bond motifs is 1. The molecule has 2 aliphatic heterocycles. The van der Waals surface area contributed by atoms with Gasteiger partial charge in [-0.3, -0.25) is 14.5 Å². The van der Waals surface area contributed by atoms with Crippen molar-refractivity contribution in [3.63, 3.8) is 0 Å². The third kappa shape index (κ3) is 3.82. The minimum absolute atomic E-state index is 0.205. The summed E-state index contributed by atoms with van der Waals surface area (Å²) < 4.78 is 5.91. The number of hydrogen-bond donors (Lipinski definition) is 0. The monoisotopic (exact) mass is 377 g/mol. The van der Waals surface area contributed by atoms with Crippen LogP contribution in [0.5, 0.6) is 5.75 Å². The first kappa shape index (κ1) is 18.4. The third-order valence-electron chi connectivity index (χ3n) is 5.21. The molecule has 1 saturated heterocycles. The zero-order valence-electron chi connectivity index (χ0n) is 15.9. The van der Waals surface area contributed by atoms with Gasteiger partial charge in [-0.15, -0.1) is 0 Å². The van der Waals surface area contributed by atoms with Crippen molar-refractivity contribution in [2.45, 2.75) is 20.1 Å². The largest absolute Gasteiger partial charge is 0.488 e. The number of aliphatic imine (C=N–C) groups is 1. The Morgan fingerprint density at radius 1 is 1.04 bits per heavy atom. The lowest BCUT2D eigenvalue weighted by atomic mass is 10.1.